The number of aliphatic carboxylic acids is 1. The van der Waals surface area contributed by atoms with E-state index in [1.807, 2.05) is 13.8 Å². The SMILES string of the molecule is CC=CCCC(C)=CCCC(=CC(C)SCC(Nc1ccc(C(F)(F)F)cn1)C(=O)O)CC=C(C)C. The summed E-state index contributed by atoms with van der Waals surface area (Å²) in [6.45, 7) is 10.4. The van der Waals surface area contributed by atoms with Gasteiger partial charge in [-0.25, -0.2) is 9.78 Å². The van der Waals surface area contributed by atoms with Crippen molar-refractivity contribution in [3.8, 4) is 0 Å². The van der Waals surface area contributed by atoms with E-state index in [2.05, 4.69) is 61.5 Å². The van der Waals surface area contributed by atoms with Crippen molar-refractivity contribution < 1.29 is 23.1 Å². The number of anilines is 1. The second kappa shape index (κ2) is 16.3. The molecule has 1 aromatic rings. The first-order chi connectivity index (χ1) is 16.9. The first kappa shape index (κ1) is 31.5. The summed E-state index contributed by atoms with van der Waals surface area (Å²) in [5.74, 6) is -0.737. The third-order valence-corrected chi connectivity index (χ3v) is 6.57. The molecule has 36 heavy (non-hydrogen) atoms. The average Bonchev–Trinajstić information content (AvgIpc) is 2.79. The van der Waals surface area contributed by atoms with Crippen LogP contribution < -0.4 is 5.32 Å². The van der Waals surface area contributed by atoms with E-state index in [0.29, 0.717) is 6.20 Å². The Kier molecular flexibility index (Phi) is 14.3. The molecule has 2 unspecified atom stereocenters. The number of alkyl halides is 3. The van der Waals surface area contributed by atoms with Gasteiger partial charge in [0.2, 0.25) is 0 Å². The Morgan fingerprint density at radius 1 is 1.17 bits per heavy atom. The van der Waals surface area contributed by atoms with Crippen molar-refractivity contribution in [3.05, 3.63) is 71.0 Å². The first-order valence-electron chi connectivity index (χ1n) is 12.2. The molecule has 0 fully saturated rings. The van der Waals surface area contributed by atoms with E-state index in [0.717, 1.165) is 44.2 Å². The summed E-state index contributed by atoms with van der Waals surface area (Å²) in [5.41, 5.74) is 3.06. The van der Waals surface area contributed by atoms with E-state index in [1.54, 1.807) is 0 Å². The summed E-state index contributed by atoms with van der Waals surface area (Å²) < 4.78 is 38.2. The number of aromatic nitrogens is 1. The zero-order chi connectivity index (χ0) is 27.1. The van der Waals surface area contributed by atoms with Crippen LogP contribution in [0.2, 0.25) is 0 Å². The van der Waals surface area contributed by atoms with Gasteiger partial charge in [-0.1, -0.05) is 47.1 Å². The van der Waals surface area contributed by atoms with E-state index in [1.165, 1.54) is 28.5 Å². The number of rotatable bonds is 15. The molecular weight excluding hydrogens is 485 g/mol. The van der Waals surface area contributed by atoms with E-state index in [9.17, 15) is 23.1 Å². The van der Waals surface area contributed by atoms with Gasteiger partial charge in [-0.05, 0) is 78.9 Å². The van der Waals surface area contributed by atoms with Crippen molar-refractivity contribution in [2.24, 2.45) is 0 Å². The minimum absolute atomic E-state index is 0.0783. The van der Waals surface area contributed by atoms with Crippen LogP contribution >= 0.6 is 11.8 Å². The second-order valence-electron chi connectivity index (χ2n) is 9.01. The van der Waals surface area contributed by atoms with Gasteiger partial charge in [-0.3, -0.25) is 0 Å². The lowest BCUT2D eigenvalue weighted by Gasteiger charge is -2.17. The Bertz CT molecular complexity index is 931. The fourth-order valence-electron chi connectivity index (χ4n) is 3.30. The van der Waals surface area contributed by atoms with E-state index < -0.39 is 23.8 Å². The van der Waals surface area contributed by atoms with E-state index in [4.69, 9.17) is 0 Å². The van der Waals surface area contributed by atoms with E-state index >= 15 is 0 Å². The van der Waals surface area contributed by atoms with Crippen LogP contribution in [-0.2, 0) is 11.0 Å². The van der Waals surface area contributed by atoms with Crippen LogP contribution in [0.4, 0.5) is 19.0 Å². The standard InChI is InChI=1S/C28H39F3N2O2S/c1-6-7-8-10-21(4)11-9-12-23(14-13-20(2)3)17-22(5)36-19-25(27(34)35)33-26-16-15-24(18-32-26)28(29,30)31/h6-7,11,13,15-18,22,25H,8-10,12,14,19H2,1-5H3,(H,32,33)(H,34,35). The highest BCUT2D eigenvalue weighted by Gasteiger charge is 2.30. The molecule has 2 atom stereocenters. The zero-order valence-corrected chi connectivity index (χ0v) is 22.7. The molecule has 2 N–H and O–H groups in total. The van der Waals surface area contributed by atoms with Crippen molar-refractivity contribution in [1.29, 1.82) is 0 Å². The molecule has 200 valence electrons. The van der Waals surface area contributed by atoms with Gasteiger partial charge in [-0.2, -0.15) is 24.9 Å². The van der Waals surface area contributed by atoms with Crippen LogP contribution in [-0.4, -0.2) is 33.1 Å². The Morgan fingerprint density at radius 3 is 2.44 bits per heavy atom. The minimum Gasteiger partial charge on any atom is -0.480 e. The summed E-state index contributed by atoms with van der Waals surface area (Å²) in [6, 6.07) is 1.07. The van der Waals surface area contributed by atoms with Crippen LogP contribution in [0, 0.1) is 0 Å². The molecule has 0 spiro atoms. The molecule has 1 rings (SSSR count). The maximum atomic E-state index is 12.7. The highest BCUT2D eigenvalue weighted by atomic mass is 32.2. The largest absolute Gasteiger partial charge is 0.480 e. The topological polar surface area (TPSA) is 62.2 Å². The quantitative estimate of drug-likeness (QED) is 0.225. The van der Waals surface area contributed by atoms with Crippen LogP contribution in [0.25, 0.3) is 0 Å². The Balaban J connectivity index is 2.77. The van der Waals surface area contributed by atoms with Crippen LogP contribution in [0.1, 0.15) is 72.3 Å². The molecule has 0 bridgehead atoms. The molecule has 8 heteroatoms. The number of pyridine rings is 1. The summed E-state index contributed by atoms with van der Waals surface area (Å²) in [7, 11) is 0. The molecule has 1 aromatic heterocycles. The molecule has 4 nitrogen and oxygen atoms in total. The molecular formula is C28H39F3N2O2S. The highest BCUT2D eigenvalue weighted by molar-refractivity contribution is 8.00. The third-order valence-electron chi connectivity index (χ3n) is 5.38. The maximum Gasteiger partial charge on any atom is 0.417 e. The van der Waals surface area contributed by atoms with Gasteiger partial charge in [0.05, 0.1) is 5.56 Å². The number of thioether (sulfide) groups is 1. The first-order valence-corrected chi connectivity index (χ1v) is 13.2. The maximum absolute atomic E-state index is 12.7. The van der Waals surface area contributed by atoms with Crippen molar-refractivity contribution in [1.82, 2.24) is 4.98 Å². The summed E-state index contributed by atoms with van der Waals surface area (Å²) >= 11 is 1.48. The lowest BCUT2D eigenvalue weighted by molar-refractivity contribution is -0.138. The highest BCUT2D eigenvalue weighted by Crippen LogP contribution is 2.29. The van der Waals surface area contributed by atoms with Crippen LogP contribution in [0.5, 0.6) is 0 Å². The molecule has 0 aliphatic carbocycles. The molecule has 0 saturated heterocycles. The number of halogens is 3. The van der Waals surface area contributed by atoms with E-state index in [-0.39, 0.29) is 16.8 Å². The number of nitrogens with one attached hydrogen (secondary N) is 1. The molecule has 0 saturated carbocycles. The average molecular weight is 525 g/mol. The van der Waals surface area contributed by atoms with Crippen molar-refractivity contribution in [2.75, 3.05) is 11.1 Å². The number of hydrogen-bond donors (Lipinski definition) is 2. The number of carboxylic acids is 1. The van der Waals surface area contributed by atoms with Crippen LogP contribution in [0.3, 0.4) is 0 Å². The van der Waals surface area contributed by atoms with Crippen molar-refractivity contribution in [3.63, 3.8) is 0 Å². The van der Waals surface area contributed by atoms with Gasteiger partial charge in [0.1, 0.15) is 11.9 Å². The molecule has 1 heterocycles. The Labute approximate surface area is 217 Å². The lowest BCUT2D eigenvalue weighted by atomic mass is 10.0. The summed E-state index contributed by atoms with van der Waals surface area (Å²) in [4.78, 5) is 15.4. The van der Waals surface area contributed by atoms with Crippen molar-refractivity contribution >= 4 is 23.5 Å². The summed E-state index contributed by atoms with van der Waals surface area (Å²) in [5, 5.41) is 12.4. The number of hydrogen-bond acceptors (Lipinski definition) is 4. The zero-order valence-electron chi connectivity index (χ0n) is 21.9. The van der Waals surface area contributed by atoms with Crippen molar-refractivity contribution in [2.45, 2.75) is 84.2 Å². The second-order valence-corrected chi connectivity index (χ2v) is 10.4. The van der Waals surface area contributed by atoms with Gasteiger partial charge in [0.15, 0.2) is 0 Å². The molecule has 0 aliphatic rings. The lowest BCUT2D eigenvalue weighted by Crippen LogP contribution is -2.32. The monoisotopic (exact) mass is 524 g/mol. The summed E-state index contributed by atoms with van der Waals surface area (Å²) in [6.07, 6.45) is 12.0. The number of carbonyl (C=O) groups is 1. The molecule has 0 aliphatic heterocycles. The Morgan fingerprint density at radius 2 is 1.89 bits per heavy atom. The smallest absolute Gasteiger partial charge is 0.417 e. The van der Waals surface area contributed by atoms with Gasteiger partial charge in [0, 0.05) is 17.2 Å². The number of allylic oxidation sites excluding steroid dienone is 7. The van der Waals surface area contributed by atoms with Gasteiger partial charge in [-0.15, -0.1) is 0 Å². The number of carboxylic acid groups (broad SMARTS) is 1. The molecule has 0 aromatic carbocycles. The minimum atomic E-state index is -4.49. The van der Waals surface area contributed by atoms with Gasteiger partial charge < -0.3 is 10.4 Å². The number of nitrogens with zero attached hydrogens (tertiary/aromatic N) is 1. The fourth-order valence-corrected chi connectivity index (χ4v) is 4.31. The predicted octanol–water partition coefficient (Wildman–Crippen LogP) is 8.45. The third kappa shape index (κ3) is 13.6. The van der Waals surface area contributed by atoms with Crippen LogP contribution in [0.15, 0.2) is 65.4 Å². The predicted molar refractivity (Wildman–Crippen MR) is 145 cm³/mol. The van der Waals surface area contributed by atoms with Gasteiger partial charge >= 0.3 is 12.1 Å². The molecule has 0 amide bonds. The normalized spacial score (nSPS) is 14.6. The Hall–Kier alpha value is -2.48. The molecule has 0 radical (unpaired) electrons. The van der Waals surface area contributed by atoms with Gasteiger partial charge in [0.25, 0.3) is 0 Å². The fraction of sp³-hybridized carbons (Fsp3) is 0.500.